The number of aliphatic carboxylic acids is 1. The minimum Gasteiger partial charge on any atom is -0.481 e. The smallest absolute Gasteiger partial charge is 0.307 e. The molecule has 5 heteroatoms. The normalized spacial score (nSPS) is 13.5. The Hall–Kier alpha value is -1.10. The van der Waals surface area contributed by atoms with Gasteiger partial charge in [0.05, 0.1) is 27.6 Å². The molecular weight excluding hydrogens is 438 g/mol. The lowest BCUT2D eigenvalue weighted by Crippen LogP contribution is -2.43. The third-order valence-electron chi connectivity index (χ3n) is 6.83. The number of esters is 1. The van der Waals surface area contributed by atoms with Crippen LogP contribution in [0.25, 0.3) is 0 Å². The van der Waals surface area contributed by atoms with Crippen molar-refractivity contribution in [2.45, 2.75) is 148 Å². The number of ether oxygens (including phenoxy) is 1. The molecule has 1 N–H and O–H groups in total. The van der Waals surface area contributed by atoms with E-state index in [-0.39, 0.29) is 12.4 Å². The summed E-state index contributed by atoms with van der Waals surface area (Å²) in [5.41, 5.74) is 0. The van der Waals surface area contributed by atoms with Gasteiger partial charge in [-0.15, -0.1) is 0 Å². The van der Waals surface area contributed by atoms with Gasteiger partial charge in [0.25, 0.3) is 0 Å². The number of carbonyl (C=O) groups excluding carboxylic acids is 1. The molecule has 2 atom stereocenters. The van der Waals surface area contributed by atoms with Crippen molar-refractivity contribution in [3.8, 4) is 0 Å². The van der Waals surface area contributed by atoms with Crippen molar-refractivity contribution in [2.75, 3.05) is 27.7 Å². The van der Waals surface area contributed by atoms with Crippen LogP contribution in [-0.2, 0) is 14.3 Å². The first-order valence-corrected chi connectivity index (χ1v) is 14.9. The Morgan fingerprint density at radius 3 is 1.57 bits per heavy atom. The summed E-state index contributed by atoms with van der Waals surface area (Å²) in [6.45, 7) is 5.22. The van der Waals surface area contributed by atoms with Crippen LogP contribution >= 0.6 is 0 Å². The van der Waals surface area contributed by atoms with Gasteiger partial charge in [-0.05, 0) is 12.3 Å². The van der Waals surface area contributed by atoms with E-state index in [0.29, 0.717) is 17.4 Å². The molecule has 0 aromatic carbocycles. The Labute approximate surface area is 218 Å². The number of rotatable bonds is 25. The number of likely N-dealkylation sites (N-methyl/N-ethyl adjacent to an activating group) is 1. The highest BCUT2D eigenvalue weighted by Crippen LogP contribution is 2.19. The minimum atomic E-state index is -0.922. The second-order valence-corrected chi connectivity index (χ2v) is 11.9. The summed E-state index contributed by atoms with van der Waals surface area (Å²) in [4.78, 5) is 23.1. The summed E-state index contributed by atoms with van der Waals surface area (Å²) >= 11 is 0. The first-order valence-electron chi connectivity index (χ1n) is 14.9. The van der Waals surface area contributed by atoms with E-state index in [1.807, 2.05) is 21.1 Å². The van der Waals surface area contributed by atoms with Crippen molar-refractivity contribution < 1.29 is 23.9 Å². The van der Waals surface area contributed by atoms with Gasteiger partial charge in [0.2, 0.25) is 0 Å². The molecule has 0 bridgehead atoms. The molecule has 0 rings (SSSR count). The van der Waals surface area contributed by atoms with E-state index >= 15 is 0 Å². The Kier molecular flexibility index (Phi) is 21.4. The Bertz CT molecular complexity index is 515. The highest BCUT2D eigenvalue weighted by molar-refractivity contribution is 5.71. The summed E-state index contributed by atoms with van der Waals surface area (Å²) in [5.74, 6) is -0.299. The molecular formula is C30H60NO4+. The van der Waals surface area contributed by atoms with E-state index in [9.17, 15) is 9.59 Å². The molecule has 0 aliphatic rings. The molecule has 0 aliphatic heterocycles. The Morgan fingerprint density at radius 2 is 1.14 bits per heavy atom. The number of carboxylic acid groups (broad SMARTS) is 1. The summed E-state index contributed by atoms with van der Waals surface area (Å²) < 4.78 is 6.02. The van der Waals surface area contributed by atoms with Gasteiger partial charge in [0, 0.05) is 6.42 Å². The molecule has 5 nitrogen and oxygen atoms in total. The quantitative estimate of drug-likeness (QED) is 0.0783. The second-order valence-electron chi connectivity index (χ2n) is 11.9. The number of hydrogen-bond acceptors (Lipinski definition) is 3. The highest BCUT2D eigenvalue weighted by atomic mass is 16.5. The van der Waals surface area contributed by atoms with Gasteiger partial charge in [-0.1, -0.05) is 123 Å². The summed E-state index contributed by atoms with van der Waals surface area (Å²) in [7, 11) is 5.92. The van der Waals surface area contributed by atoms with E-state index in [2.05, 4.69) is 13.8 Å². The molecule has 0 fully saturated rings. The number of nitrogens with zero attached hydrogens (tertiary/aromatic N) is 1. The molecule has 0 radical (unpaired) electrons. The van der Waals surface area contributed by atoms with Crippen molar-refractivity contribution in [2.24, 2.45) is 5.92 Å². The topological polar surface area (TPSA) is 63.6 Å². The van der Waals surface area contributed by atoms with Crippen molar-refractivity contribution in [3.63, 3.8) is 0 Å². The zero-order valence-corrected chi connectivity index (χ0v) is 24.1. The highest BCUT2D eigenvalue weighted by Gasteiger charge is 2.24. The zero-order chi connectivity index (χ0) is 26.4. The fourth-order valence-corrected chi connectivity index (χ4v) is 4.79. The minimum absolute atomic E-state index is 0.126. The van der Waals surface area contributed by atoms with Crippen LogP contribution in [0.5, 0.6) is 0 Å². The maximum absolute atomic E-state index is 12.1. The fourth-order valence-electron chi connectivity index (χ4n) is 4.79. The van der Waals surface area contributed by atoms with Gasteiger partial charge in [-0.3, -0.25) is 9.59 Å². The monoisotopic (exact) mass is 498 g/mol. The maximum Gasteiger partial charge on any atom is 0.307 e. The molecule has 0 amide bonds. The van der Waals surface area contributed by atoms with E-state index in [0.717, 1.165) is 18.8 Å². The average Bonchev–Trinajstić information content (AvgIpc) is 2.75. The van der Waals surface area contributed by atoms with Crippen LogP contribution in [0.1, 0.15) is 142 Å². The molecule has 0 heterocycles. The lowest BCUT2D eigenvalue weighted by atomic mass is 9.95. The van der Waals surface area contributed by atoms with Crippen LogP contribution in [0, 0.1) is 5.92 Å². The third-order valence-corrected chi connectivity index (χ3v) is 6.83. The first-order chi connectivity index (χ1) is 16.6. The molecule has 0 saturated heterocycles. The molecule has 0 aliphatic carbocycles. The summed E-state index contributed by atoms with van der Waals surface area (Å²) in [6.07, 6.45) is 23.4. The van der Waals surface area contributed by atoms with Crippen LogP contribution in [0.4, 0.5) is 0 Å². The van der Waals surface area contributed by atoms with Crippen LogP contribution in [-0.4, -0.2) is 55.3 Å². The van der Waals surface area contributed by atoms with E-state index in [1.54, 1.807) is 0 Å². The van der Waals surface area contributed by atoms with Crippen LogP contribution in [0.15, 0.2) is 0 Å². The number of unbranched alkanes of at least 4 members (excludes halogenated alkanes) is 14. The number of carbonyl (C=O) groups is 2. The molecule has 0 spiro atoms. The Balaban J connectivity index is 3.56. The molecule has 35 heavy (non-hydrogen) atoms. The maximum atomic E-state index is 12.1. The fraction of sp³-hybridized carbons (Fsp3) is 0.933. The van der Waals surface area contributed by atoms with Crippen LogP contribution in [0.3, 0.4) is 0 Å². The van der Waals surface area contributed by atoms with Crippen LogP contribution in [0.2, 0.25) is 0 Å². The van der Waals surface area contributed by atoms with Crippen molar-refractivity contribution in [1.29, 1.82) is 0 Å². The zero-order valence-electron chi connectivity index (χ0n) is 24.1. The van der Waals surface area contributed by atoms with E-state index in [1.165, 1.54) is 103 Å². The average molecular weight is 499 g/mol. The van der Waals surface area contributed by atoms with Gasteiger partial charge < -0.3 is 14.3 Å². The molecule has 0 aromatic heterocycles. The SMILES string of the molecule is CCCCCCCCCCC(C)CCCCCCCCCCC(=O)OC(CC(=O)O)C[N+](C)(C)C. The summed E-state index contributed by atoms with van der Waals surface area (Å²) in [6, 6.07) is 0. The van der Waals surface area contributed by atoms with Crippen LogP contribution < -0.4 is 0 Å². The predicted molar refractivity (Wildman–Crippen MR) is 148 cm³/mol. The Morgan fingerprint density at radius 1 is 0.714 bits per heavy atom. The first kappa shape index (κ1) is 33.9. The van der Waals surface area contributed by atoms with E-state index in [4.69, 9.17) is 9.84 Å². The van der Waals surface area contributed by atoms with Gasteiger partial charge >= 0.3 is 11.9 Å². The molecule has 0 saturated carbocycles. The van der Waals surface area contributed by atoms with Crippen molar-refractivity contribution in [1.82, 2.24) is 0 Å². The van der Waals surface area contributed by atoms with Gasteiger partial charge in [-0.2, -0.15) is 0 Å². The summed E-state index contributed by atoms with van der Waals surface area (Å²) in [5, 5.41) is 9.05. The lowest BCUT2D eigenvalue weighted by Gasteiger charge is -2.28. The second kappa shape index (κ2) is 22.1. The lowest BCUT2D eigenvalue weighted by molar-refractivity contribution is -0.873. The van der Waals surface area contributed by atoms with Gasteiger partial charge in [-0.25, -0.2) is 0 Å². The number of carboxylic acids is 1. The number of hydrogen-bond donors (Lipinski definition) is 1. The van der Waals surface area contributed by atoms with Crippen molar-refractivity contribution >= 4 is 11.9 Å². The van der Waals surface area contributed by atoms with Gasteiger partial charge in [0.1, 0.15) is 6.54 Å². The number of quaternary nitrogens is 1. The van der Waals surface area contributed by atoms with E-state index < -0.39 is 12.1 Å². The standard InChI is InChI=1S/C30H59NO4/c1-6-7-8-9-10-13-16-19-22-27(2)23-20-17-14-11-12-15-18-21-24-30(34)35-28(25-29(32)33)26-31(3,4)5/h27-28H,6-26H2,1-5H3/p+1. The van der Waals surface area contributed by atoms with Gasteiger partial charge in [0.15, 0.2) is 6.10 Å². The largest absolute Gasteiger partial charge is 0.481 e. The molecule has 0 aromatic rings. The molecule has 208 valence electrons. The predicted octanol–water partition coefficient (Wildman–Crippen LogP) is 8.15. The third kappa shape index (κ3) is 25.8. The van der Waals surface area contributed by atoms with Crippen molar-refractivity contribution in [3.05, 3.63) is 0 Å². The molecule has 2 unspecified atom stereocenters.